The van der Waals surface area contributed by atoms with Gasteiger partial charge in [0.1, 0.15) is 5.82 Å². The lowest BCUT2D eigenvalue weighted by Crippen LogP contribution is -2.08. The second-order valence-electron chi connectivity index (χ2n) is 2.77. The Bertz CT molecular complexity index is 487. The number of benzene rings is 1. The van der Waals surface area contributed by atoms with Crippen molar-refractivity contribution in [1.29, 1.82) is 0 Å². The van der Waals surface area contributed by atoms with Crippen molar-refractivity contribution in [3.8, 4) is 0 Å². The molecule has 0 aliphatic rings. The number of halogens is 2. The summed E-state index contributed by atoms with van der Waals surface area (Å²) in [5.41, 5.74) is 3.29. The number of rotatable bonds is 1. The summed E-state index contributed by atoms with van der Waals surface area (Å²) < 4.78 is 0.897. The number of aromatic nitrogens is 1. The number of nitrogens with zero attached hydrogens (tertiary/aromatic N) is 1. The monoisotopic (exact) mass is 271 g/mol. The van der Waals surface area contributed by atoms with E-state index in [1.165, 1.54) is 0 Å². The minimum absolute atomic E-state index is 0.612. The normalized spacial score (nSPS) is 10.5. The molecule has 0 radical (unpaired) electrons. The van der Waals surface area contributed by atoms with Crippen molar-refractivity contribution in [3.63, 3.8) is 0 Å². The van der Waals surface area contributed by atoms with E-state index in [0.717, 1.165) is 15.4 Å². The van der Waals surface area contributed by atoms with Crippen molar-refractivity contribution in [1.82, 2.24) is 4.98 Å². The summed E-state index contributed by atoms with van der Waals surface area (Å²) in [7, 11) is 0. The van der Waals surface area contributed by atoms with E-state index in [9.17, 15) is 0 Å². The molecule has 72 valence electrons. The molecule has 0 atom stereocenters. The van der Waals surface area contributed by atoms with Crippen molar-refractivity contribution in [2.24, 2.45) is 5.84 Å². The number of nitrogen functional groups attached to an aromatic ring is 1. The van der Waals surface area contributed by atoms with E-state index < -0.39 is 0 Å². The number of nitrogens with one attached hydrogen (secondary N) is 1. The Kier molecular flexibility index (Phi) is 2.58. The number of fused-ring (bicyclic) bond motifs is 1. The van der Waals surface area contributed by atoms with Crippen LogP contribution in [-0.2, 0) is 0 Å². The lowest BCUT2D eigenvalue weighted by atomic mass is 10.2. The van der Waals surface area contributed by atoms with Crippen molar-refractivity contribution in [2.75, 3.05) is 5.43 Å². The van der Waals surface area contributed by atoms with Gasteiger partial charge in [0.2, 0.25) is 0 Å². The van der Waals surface area contributed by atoms with E-state index in [1.807, 2.05) is 18.2 Å². The quantitative estimate of drug-likeness (QED) is 0.620. The Balaban J connectivity index is 2.80. The summed E-state index contributed by atoms with van der Waals surface area (Å²) in [4.78, 5) is 4.29. The first-order valence-corrected chi connectivity index (χ1v) is 5.11. The third-order valence-corrected chi connectivity index (χ3v) is 2.87. The molecule has 0 spiro atoms. The lowest BCUT2D eigenvalue weighted by Gasteiger charge is -2.04. The molecule has 3 nitrogen and oxygen atoms in total. The highest BCUT2D eigenvalue weighted by molar-refractivity contribution is 9.10. The van der Waals surface area contributed by atoms with Crippen LogP contribution in [0.25, 0.3) is 10.9 Å². The predicted molar refractivity (Wildman–Crippen MR) is 62.3 cm³/mol. The molecule has 1 heterocycles. The Morgan fingerprint density at radius 1 is 1.29 bits per heavy atom. The minimum Gasteiger partial charge on any atom is -0.308 e. The van der Waals surface area contributed by atoms with Gasteiger partial charge in [-0.25, -0.2) is 10.8 Å². The first-order valence-electron chi connectivity index (χ1n) is 3.94. The van der Waals surface area contributed by atoms with Crippen LogP contribution >= 0.6 is 27.5 Å². The number of hydrogen-bond acceptors (Lipinski definition) is 3. The number of pyridine rings is 1. The zero-order valence-electron chi connectivity index (χ0n) is 7.09. The summed E-state index contributed by atoms with van der Waals surface area (Å²) in [5, 5.41) is 1.58. The molecule has 1 aromatic heterocycles. The molecule has 0 amide bonds. The fourth-order valence-electron chi connectivity index (χ4n) is 1.23. The minimum atomic E-state index is 0.612. The zero-order valence-corrected chi connectivity index (χ0v) is 9.43. The molecule has 2 rings (SSSR count). The average Bonchev–Trinajstić information content (AvgIpc) is 2.23. The summed E-state index contributed by atoms with van der Waals surface area (Å²) in [5.74, 6) is 5.88. The average molecular weight is 273 g/mol. The molecule has 0 aliphatic carbocycles. The van der Waals surface area contributed by atoms with Gasteiger partial charge >= 0.3 is 0 Å². The second kappa shape index (κ2) is 3.73. The maximum absolute atomic E-state index is 6.01. The largest absolute Gasteiger partial charge is 0.308 e. The van der Waals surface area contributed by atoms with Crippen LogP contribution in [0.1, 0.15) is 0 Å². The number of anilines is 1. The first-order chi connectivity index (χ1) is 6.72. The fraction of sp³-hybridized carbons (Fsp3) is 0. The molecule has 3 N–H and O–H groups in total. The van der Waals surface area contributed by atoms with E-state index in [4.69, 9.17) is 17.4 Å². The SMILES string of the molecule is NNc1ccc2c(Cl)ccc(Br)c2n1. The number of hydrazine groups is 1. The maximum Gasteiger partial charge on any atom is 0.140 e. The van der Waals surface area contributed by atoms with Crippen LogP contribution in [0.15, 0.2) is 28.7 Å². The highest BCUT2D eigenvalue weighted by Gasteiger charge is 2.04. The molecule has 5 heteroatoms. The molecule has 0 saturated carbocycles. The van der Waals surface area contributed by atoms with Crippen LogP contribution in [0, 0.1) is 0 Å². The molecule has 1 aromatic carbocycles. The Labute approximate surface area is 94.4 Å². The fourth-order valence-corrected chi connectivity index (χ4v) is 1.88. The Morgan fingerprint density at radius 3 is 2.79 bits per heavy atom. The van der Waals surface area contributed by atoms with E-state index in [0.29, 0.717) is 10.8 Å². The zero-order chi connectivity index (χ0) is 10.1. The van der Waals surface area contributed by atoms with E-state index in [1.54, 1.807) is 6.07 Å². The standard InChI is InChI=1S/C9H7BrClN3/c10-6-2-3-7(11)5-1-4-8(14-12)13-9(5)6/h1-4H,12H2,(H,13,14). The van der Waals surface area contributed by atoms with Crippen LogP contribution in [0.5, 0.6) is 0 Å². The molecular weight excluding hydrogens is 265 g/mol. The van der Waals surface area contributed by atoms with Crippen LogP contribution in [0.3, 0.4) is 0 Å². The first kappa shape index (κ1) is 9.71. The predicted octanol–water partition coefficient (Wildman–Crippen LogP) is 2.94. The van der Waals surface area contributed by atoms with Gasteiger partial charge in [0.05, 0.1) is 10.5 Å². The highest BCUT2D eigenvalue weighted by atomic mass is 79.9. The maximum atomic E-state index is 6.01. The molecular formula is C9H7BrClN3. The van der Waals surface area contributed by atoms with Gasteiger partial charge in [-0.2, -0.15) is 0 Å². The summed E-state index contributed by atoms with van der Waals surface area (Å²) in [6, 6.07) is 7.34. The van der Waals surface area contributed by atoms with Crippen molar-refractivity contribution in [2.45, 2.75) is 0 Å². The summed E-state index contributed by atoms with van der Waals surface area (Å²) >= 11 is 9.42. The number of nitrogens with two attached hydrogens (primary N) is 1. The van der Waals surface area contributed by atoms with E-state index in [-0.39, 0.29) is 0 Å². The van der Waals surface area contributed by atoms with Gasteiger partial charge in [0.25, 0.3) is 0 Å². The molecule has 0 saturated heterocycles. The van der Waals surface area contributed by atoms with Gasteiger partial charge < -0.3 is 5.43 Å². The van der Waals surface area contributed by atoms with Crippen LogP contribution in [0.2, 0.25) is 5.02 Å². The molecule has 0 fully saturated rings. The van der Waals surface area contributed by atoms with E-state index in [2.05, 4.69) is 26.3 Å². The highest BCUT2D eigenvalue weighted by Crippen LogP contribution is 2.29. The van der Waals surface area contributed by atoms with Crippen molar-refractivity contribution in [3.05, 3.63) is 33.8 Å². The van der Waals surface area contributed by atoms with Gasteiger partial charge in [0.15, 0.2) is 0 Å². The molecule has 14 heavy (non-hydrogen) atoms. The van der Waals surface area contributed by atoms with Gasteiger partial charge in [0, 0.05) is 9.86 Å². The van der Waals surface area contributed by atoms with Crippen molar-refractivity contribution >= 4 is 44.3 Å². The smallest absolute Gasteiger partial charge is 0.140 e. The molecule has 2 aromatic rings. The Morgan fingerprint density at radius 2 is 2.07 bits per heavy atom. The van der Waals surface area contributed by atoms with Gasteiger partial charge in [-0.15, -0.1) is 0 Å². The summed E-state index contributed by atoms with van der Waals surface area (Å²) in [6.07, 6.45) is 0. The van der Waals surface area contributed by atoms with Gasteiger partial charge in [-0.1, -0.05) is 11.6 Å². The van der Waals surface area contributed by atoms with Crippen LogP contribution < -0.4 is 11.3 Å². The molecule has 0 bridgehead atoms. The Hall–Kier alpha value is -0.840. The van der Waals surface area contributed by atoms with Gasteiger partial charge in [-0.3, -0.25) is 0 Å². The van der Waals surface area contributed by atoms with Crippen LogP contribution in [0.4, 0.5) is 5.82 Å². The third-order valence-electron chi connectivity index (χ3n) is 1.90. The van der Waals surface area contributed by atoms with Crippen LogP contribution in [-0.4, -0.2) is 4.98 Å². The summed E-state index contributed by atoms with van der Waals surface area (Å²) in [6.45, 7) is 0. The number of hydrogen-bond donors (Lipinski definition) is 2. The second-order valence-corrected chi connectivity index (χ2v) is 4.03. The third kappa shape index (κ3) is 1.56. The lowest BCUT2D eigenvalue weighted by molar-refractivity contribution is 1.26. The van der Waals surface area contributed by atoms with E-state index >= 15 is 0 Å². The van der Waals surface area contributed by atoms with Gasteiger partial charge in [-0.05, 0) is 40.2 Å². The molecule has 0 unspecified atom stereocenters. The van der Waals surface area contributed by atoms with Crippen molar-refractivity contribution < 1.29 is 0 Å². The molecule has 0 aliphatic heterocycles. The topological polar surface area (TPSA) is 50.9 Å².